The van der Waals surface area contributed by atoms with E-state index in [0.717, 1.165) is 62.3 Å². The number of nitrogens with one attached hydrogen (secondary N) is 1. The van der Waals surface area contributed by atoms with E-state index in [1.165, 1.54) is 6.92 Å². The van der Waals surface area contributed by atoms with Crippen LogP contribution in [-0.2, 0) is 16.1 Å². The number of nitrogens with zero attached hydrogens (tertiary/aromatic N) is 3. The lowest BCUT2D eigenvalue weighted by molar-refractivity contribution is -0.139. The molecule has 0 bridgehead atoms. The van der Waals surface area contributed by atoms with E-state index in [0.29, 0.717) is 13.1 Å². The molecule has 1 atom stereocenters. The van der Waals surface area contributed by atoms with Gasteiger partial charge in [-0.2, -0.15) is 0 Å². The highest BCUT2D eigenvalue weighted by Gasteiger charge is 2.35. The molecule has 7 nitrogen and oxygen atoms in total. The second-order valence-corrected chi connectivity index (χ2v) is 7.63. The first kappa shape index (κ1) is 18.9. The van der Waals surface area contributed by atoms with E-state index in [-0.39, 0.29) is 23.8 Å². The number of rotatable bonds is 5. The van der Waals surface area contributed by atoms with Gasteiger partial charge in [0.05, 0.1) is 5.69 Å². The normalized spacial score (nSPS) is 20.3. The number of piperazine rings is 1. The summed E-state index contributed by atoms with van der Waals surface area (Å²) in [6, 6.07) is -0.357. The van der Waals surface area contributed by atoms with E-state index in [2.05, 4.69) is 15.4 Å². The Hall–Kier alpha value is -1.89. The number of carbonyl (C=O) groups excluding carboxylic acids is 2. The van der Waals surface area contributed by atoms with Gasteiger partial charge >= 0.3 is 0 Å². The van der Waals surface area contributed by atoms with Crippen LogP contribution in [0, 0.1) is 19.8 Å². The van der Waals surface area contributed by atoms with Gasteiger partial charge in [0.1, 0.15) is 11.8 Å². The molecule has 0 aromatic carbocycles. The lowest BCUT2D eigenvalue weighted by Gasteiger charge is -2.37. The number of hydrogen-bond donors (Lipinski definition) is 1. The van der Waals surface area contributed by atoms with Gasteiger partial charge in [-0.05, 0) is 32.6 Å². The predicted molar refractivity (Wildman–Crippen MR) is 97.4 cm³/mol. The second-order valence-electron chi connectivity index (χ2n) is 7.63. The zero-order valence-electron chi connectivity index (χ0n) is 16.1. The smallest absolute Gasteiger partial charge is 0.245 e. The molecule has 1 aliphatic heterocycles. The zero-order chi connectivity index (χ0) is 18.7. The molecule has 1 aromatic heterocycles. The highest BCUT2D eigenvalue weighted by atomic mass is 16.5. The summed E-state index contributed by atoms with van der Waals surface area (Å²) in [5.74, 6) is 1.12. The summed E-state index contributed by atoms with van der Waals surface area (Å²) < 4.78 is 5.24. The molecule has 1 aliphatic carbocycles. The molecule has 2 aliphatic rings. The van der Waals surface area contributed by atoms with Crippen LogP contribution in [0.25, 0.3) is 0 Å². The Morgan fingerprint density at radius 1 is 1.19 bits per heavy atom. The molecule has 2 fully saturated rings. The third kappa shape index (κ3) is 4.26. The molecule has 3 rings (SSSR count). The van der Waals surface area contributed by atoms with Gasteiger partial charge in [-0.25, -0.2) is 0 Å². The first-order valence-corrected chi connectivity index (χ1v) is 9.65. The summed E-state index contributed by atoms with van der Waals surface area (Å²) in [6.45, 7) is 9.26. The monoisotopic (exact) mass is 362 g/mol. The fourth-order valence-corrected chi connectivity index (χ4v) is 4.17. The molecule has 1 unspecified atom stereocenters. The Kier molecular flexibility index (Phi) is 5.96. The fourth-order valence-electron chi connectivity index (χ4n) is 4.17. The van der Waals surface area contributed by atoms with E-state index in [9.17, 15) is 9.59 Å². The Morgan fingerprint density at radius 3 is 2.38 bits per heavy atom. The Balaban J connectivity index is 1.57. The van der Waals surface area contributed by atoms with E-state index in [1.54, 1.807) is 0 Å². The minimum Gasteiger partial charge on any atom is -0.361 e. The average Bonchev–Trinajstić information content (AvgIpc) is 3.25. The lowest BCUT2D eigenvalue weighted by Crippen LogP contribution is -2.56. The lowest BCUT2D eigenvalue weighted by atomic mass is 9.96. The van der Waals surface area contributed by atoms with Gasteiger partial charge in [0.25, 0.3) is 0 Å². The summed E-state index contributed by atoms with van der Waals surface area (Å²) in [7, 11) is 0. The van der Waals surface area contributed by atoms with Gasteiger partial charge in [-0.15, -0.1) is 0 Å². The SMILES string of the molecule is CC(=O)NC(C(=O)N1CCN(Cc2c(C)noc2C)CC1)C1CCCC1. The van der Waals surface area contributed by atoms with E-state index >= 15 is 0 Å². The van der Waals surface area contributed by atoms with Gasteiger partial charge in [0.15, 0.2) is 0 Å². The zero-order valence-corrected chi connectivity index (χ0v) is 16.1. The fraction of sp³-hybridized carbons (Fsp3) is 0.737. The predicted octanol–water partition coefficient (Wildman–Crippen LogP) is 1.63. The maximum absolute atomic E-state index is 13.0. The molecule has 1 N–H and O–H groups in total. The summed E-state index contributed by atoms with van der Waals surface area (Å²) in [4.78, 5) is 28.9. The second kappa shape index (κ2) is 8.20. The number of hydrogen-bond acceptors (Lipinski definition) is 5. The quantitative estimate of drug-likeness (QED) is 0.861. The van der Waals surface area contributed by atoms with Crippen molar-refractivity contribution >= 4 is 11.8 Å². The molecule has 1 saturated heterocycles. The van der Waals surface area contributed by atoms with Crippen LogP contribution in [-0.4, -0.2) is 59.0 Å². The van der Waals surface area contributed by atoms with Crippen molar-refractivity contribution < 1.29 is 14.1 Å². The standard InChI is InChI=1S/C19H30N4O3/c1-13-17(14(2)26-21-13)12-22-8-10-23(11-9-22)19(25)18(20-15(3)24)16-6-4-5-7-16/h16,18H,4-12H2,1-3H3,(H,20,24). The van der Waals surface area contributed by atoms with Gasteiger partial charge in [-0.3, -0.25) is 14.5 Å². The van der Waals surface area contributed by atoms with Gasteiger partial charge in [-0.1, -0.05) is 18.0 Å². The molecule has 2 amide bonds. The minimum absolute atomic E-state index is 0.0871. The third-order valence-electron chi connectivity index (χ3n) is 5.74. The van der Waals surface area contributed by atoms with Crippen molar-refractivity contribution in [3.63, 3.8) is 0 Å². The Bertz CT molecular complexity index is 624. The molecular weight excluding hydrogens is 332 g/mol. The first-order chi connectivity index (χ1) is 12.5. The van der Waals surface area contributed by atoms with Gasteiger partial charge < -0.3 is 14.7 Å². The molecule has 26 heavy (non-hydrogen) atoms. The van der Waals surface area contributed by atoms with Crippen LogP contribution in [0.5, 0.6) is 0 Å². The van der Waals surface area contributed by atoms with Crippen molar-refractivity contribution in [1.29, 1.82) is 0 Å². The van der Waals surface area contributed by atoms with Crippen molar-refractivity contribution in [3.05, 3.63) is 17.0 Å². The van der Waals surface area contributed by atoms with E-state index in [1.807, 2.05) is 18.7 Å². The number of carbonyl (C=O) groups is 2. The van der Waals surface area contributed by atoms with Crippen molar-refractivity contribution in [2.24, 2.45) is 5.92 Å². The van der Waals surface area contributed by atoms with Crippen molar-refractivity contribution in [3.8, 4) is 0 Å². The Morgan fingerprint density at radius 2 is 1.85 bits per heavy atom. The van der Waals surface area contributed by atoms with E-state index < -0.39 is 0 Å². The van der Waals surface area contributed by atoms with Crippen LogP contribution in [0.2, 0.25) is 0 Å². The maximum Gasteiger partial charge on any atom is 0.245 e. The molecule has 2 heterocycles. The summed E-state index contributed by atoms with van der Waals surface area (Å²) in [5.41, 5.74) is 2.08. The Labute approximate surface area is 155 Å². The minimum atomic E-state index is -0.357. The van der Waals surface area contributed by atoms with Crippen molar-refractivity contribution in [2.75, 3.05) is 26.2 Å². The first-order valence-electron chi connectivity index (χ1n) is 9.65. The van der Waals surface area contributed by atoms with Crippen molar-refractivity contribution in [1.82, 2.24) is 20.3 Å². The topological polar surface area (TPSA) is 78.7 Å². The van der Waals surface area contributed by atoms with Crippen LogP contribution in [0.15, 0.2) is 4.52 Å². The molecule has 144 valence electrons. The van der Waals surface area contributed by atoms with Crippen LogP contribution in [0.3, 0.4) is 0 Å². The highest BCUT2D eigenvalue weighted by molar-refractivity contribution is 5.87. The molecule has 0 spiro atoms. The van der Waals surface area contributed by atoms with Gasteiger partial charge in [0, 0.05) is 45.2 Å². The van der Waals surface area contributed by atoms with Crippen LogP contribution < -0.4 is 5.32 Å². The maximum atomic E-state index is 13.0. The van der Waals surface area contributed by atoms with Crippen molar-refractivity contribution in [2.45, 2.75) is 59.0 Å². The highest BCUT2D eigenvalue weighted by Crippen LogP contribution is 2.29. The molecule has 1 saturated carbocycles. The van der Waals surface area contributed by atoms with Crippen LogP contribution >= 0.6 is 0 Å². The van der Waals surface area contributed by atoms with Crippen LogP contribution in [0.4, 0.5) is 0 Å². The summed E-state index contributed by atoms with van der Waals surface area (Å²) in [6.07, 6.45) is 4.36. The average molecular weight is 362 g/mol. The largest absolute Gasteiger partial charge is 0.361 e. The molecule has 1 aromatic rings. The molecular formula is C19H30N4O3. The number of aryl methyl sites for hydroxylation is 2. The third-order valence-corrected chi connectivity index (χ3v) is 5.74. The van der Waals surface area contributed by atoms with Gasteiger partial charge in [0.2, 0.25) is 11.8 Å². The number of aromatic nitrogens is 1. The molecule has 7 heteroatoms. The van der Waals surface area contributed by atoms with E-state index in [4.69, 9.17) is 4.52 Å². The summed E-state index contributed by atoms with van der Waals surface area (Å²) in [5, 5.41) is 6.93. The number of amides is 2. The van der Waals surface area contributed by atoms with Crippen LogP contribution in [0.1, 0.15) is 49.6 Å². The summed E-state index contributed by atoms with van der Waals surface area (Å²) >= 11 is 0. The molecule has 0 radical (unpaired) electrons.